The Morgan fingerprint density at radius 3 is 2.71 bits per heavy atom. The Labute approximate surface area is 167 Å². The van der Waals surface area contributed by atoms with Gasteiger partial charge in [0.1, 0.15) is 11.3 Å². The third-order valence-electron chi connectivity index (χ3n) is 4.34. The molecule has 0 saturated carbocycles. The minimum absolute atomic E-state index is 0.187. The van der Waals surface area contributed by atoms with E-state index in [1.807, 2.05) is 62.5 Å². The molecule has 0 spiro atoms. The number of anilines is 1. The summed E-state index contributed by atoms with van der Waals surface area (Å²) in [7, 11) is 1.81. The minimum Gasteiger partial charge on any atom is -0.492 e. The molecule has 0 aliphatic heterocycles. The van der Waals surface area contributed by atoms with Gasteiger partial charge in [0.2, 0.25) is 0 Å². The Morgan fingerprint density at radius 2 is 2.00 bits per heavy atom. The van der Waals surface area contributed by atoms with Crippen molar-refractivity contribution in [2.75, 3.05) is 11.5 Å². The number of amides is 1. The number of imidazole rings is 1. The highest BCUT2D eigenvalue weighted by Crippen LogP contribution is 2.35. The monoisotopic (exact) mass is 392 g/mol. The summed E-state index contributed by atoms with van der Waals surface area (Å²) in [6.45, 7) is 2.92. The summed E-state index contributed by atoms with van der Waals surface area (Å²) in [6.07, 6.45) is 3.39. The molecule has 6 nitrogen and oxygen atoms in total. The normalized spacial score (nSPS) is 10.9. The molecular formula is C21H20N4O2S. The van der Waals surface area contributed by atoms with Crippen molar-refractivity contribution in [2.24, 2.45) is 7.05 Å². The van der Waals surface area contributed by atoms with Gasteiger partial charge in [-0.05, 0) is 24.6 Å². The molecule has 0 atom stereocenters. The summed E-state index contributed by atoms with van der Waals surface area (Å²) in [5, 5.41) is 0.624. The second kappa shape index (κ2) is 7.82. The Hall–Kier alpha value is -3.19. The van der Waals surface area contributed by atoms with E-state index in [9.17, 15) is 4.79 Å². The highest BCUT2D eigenvalue weighted by atomic mass is 32.1. The number of benzene rings is 2. The Balaban J connectivity index is 1.78. The van der Waals surface area contributed by atoms with Gasteiger partial charge in [-0.3, -0.25) is 9.69 Å². The largest absolute Gasteiger partial charge is 0.492 e. The van der Waals surface area contributed by atoms with Crippen molar-refractivity contribution in [3.63, 3.8) is 0 Å². The van der Waals surface area contributed by atoms with Gasteiger partial charge in [0.15, 0.2) is 11.0 Å². The first-order chi connectivity index (χ1) is 13.7. The zero-order valence-corrected chi connectivity index (χ0v) is 16.5. The van der Waals surface area contributed by atoms with Crippen LogP contribution in [-0.4, -0.2) is 27.0 Å². The maximum Gasteiger partial charge on any atom is 0.296 e. The van der Waals surface area contributed by atoms with E-state index in [1.165, 1.54) is 11.3 Å². The lowest BCUT2D eigenvalue weighted by atomic mass is 10.2. The van der Waals surface area contributed by atoms with E-state index in [0.29, 0.717) is 24.1 Å². The summed E-state index contributed by atoms with van der Waals surface area (Å²) in [5.41, 5.74) is 1.80. The molecule has 0 unspecified atom stereocenters. The minimum atomic E-state index is -0.187. The number of aryl methyl sites for hydroxylation is 1. The van der Waals surface area contributed by atoms with Crippen LogP contribution in [0.15, 0.2) is 60.9 Å². The zero-order valence-electron chi connectivity index (χ0n) is 15.7. The standard InChI is InChI=1S/C21H20N4O2S/c1-3-27-16-10-7-11-17-18(16)23-21(28-17)25(14-15-8-5-4-6-9-15)20(26)19-22-12-13-24(19)2/h4-13H,3,14H2,1-2H3. The van der Waals surface area contributed by atoms with Crippen LogP contribution in [0.4, 0.5) is 5.13 Å². The molecule has 28 heavy (non-hydrogen) atoms. The summed E-state index contributed by atoms with van der Waals surface area (Å²) in [6, 6.07) is 15.7. The number of nitrogens with zero attached hydrogens (tertiary/aromatic N) is 4. The van der Waals surface area contributed by atoms with Gasteiger partial charge in [0, 0.05) is 19.4 Å². The maximum absolute atomic E-state index is 13.3. The first-order valence-corrected chi connectivity index (χ1v) is 9.84. The lowest BCUT2D eigenvalue weighted by molar-refractivity contribution is 0.0972. The number of hydrogen-bond donors (Lipinski definition) is 0. The molecule has 7 heteroatoms. The maximum atomic E-state index is 13.3. The molecule has 0 N–H and O–H groups in total. The predicted molar refractivity (Wildman–Crippen MR) is 111 cm³/mol. The highest BCUT2D eigenvalue weighted by Gasteiger charge is 2.25. The SMILES string of the molecule is CCOc1cccc2sc(N(Cc3ccccc3)C(=O)c3nccn3C)nc12. The van der Waals surface area contributed by atoms with Crippen molar-refractivity contribution in [1.29, 1.82) is 0 Å². The fraction of sp³-hybridized carbons (Fsp3) is 0.190. The van der Waals surface area contributed by atoms with Crippen LogP contribution in [-0.2, 0) is 13.6 Å². The van der Waals surface area contributed by atoms with E-state index in [0.717, 1.165) is 21.5 Å². The molecular weight excluding hydrogens is 372 g/mol. The van der Waals surface area contributed by atoms with Crippen LogP contribution in [0.25, 0.3) is 10.2 Å². The number of fused-ring (bicyclic) bond motifs is 1. The number of rotatable bonds is 6. The molecule has 4 rings (SSSR count). The van der Waals surface area contributed by atoms with Crippen molar-refractivity contribution in [2.45, 2.75) is 13.5 Å². The van der Waals surface area contributed by atoms with Gasteiger partial charge in [0.05, 0.1) is 17.9 Å². The van der Waals surface area contributed by atoms with Crippen molar-refractivity contribution >= 4 is 32.6 Å². The fourth-order valence-corrected chi connectivity index (χ4v) is 3.96. The highest BCUT2D eigenvalue weighted by molar-refractivity contribution is 7.22. The number of ether oxygens (including phenoxy) is 1. The van der Waals surface area contributed by atoms with Crippen molar-refractivity contribution < 1.29 is 9.53 Å². The number of para-hydroxylation sites is 1. The zero-order chi connectivity index (χ0) is 19.5. The van der Waals surface area contributed by atoms with E-state index < -0.39 is 0 Å². The average molecular weight is 392 g/mol. The molecule has 2 aromatic heterocycles. The molecule has 0 radical (unpaired) electrons. The Morgan fingerprint density at radius 1 is 1.18 bits per heavy atom. The molecule has 1 amide bonds. The summed E-state index contributed by atoms with van der Waals surface area (Å²) < 4.78 is 8.41. The van der Waals surface area contributed by atoms with Gasteiger partial charge in [-0.15, -0.1) is 0 Å². The summed E-state index contributed by atoms with van der Waals surface area (Å²) in [4.78, 5) is 24.0. The van der Waals surface area contributed by atoms with Crippen molar-refractivity contribution in [3.8, 4) is 5.75 Å². The molecule has 2 heterocycles. The predicted octanol–water partition coefficient (Wildman–Crippen LogP) is 4.28. The molecule has 4 aromatic rings. The lowest BCUT2D eigenvalue weighted by Crippen LogP contribution is -2.32. The van der Waals surface area contributed by atoms with Gasteiger partial charge >= 0.3 is 0 Å². The Bertz CT molecular complexity index is 1100. The number of carbonyl (C=O) groups excluding carboxylic acids is 1. The van der Waals surface area contributed by atoms with E-state index in [1.54, 1.807) is 21.9 Å². The molecule has 0 bridgehead atoms. The van der Waals surface area contributed by atoms with E-state index in [4.69, 9.17) is 9.72 Å². The van der Waals surface area contributed by atoms with Crippen LogP contribution in [0.5, 0.6) is 5.75 Å². The van der Waals surface area contributed by atoms with E-state index in [2.05, 4.69) is 4.98 Å². The van der Waals surface area contributed by atoms with E-state index in [-0.39, 0.29) is 5.91 Å². The summed E-state index contributed by atoms with van der Waals surface area (Å²) in [5.74, 6) is 0.917. The molecule has 0 aliphatic carbocycles. The van der Waals surface area contributed by atoms with Gasteiger partial charge in [-0.2, -0.15) is 0 Å². The van der Waals surface area contributed by atoms with Crippen LogP contribution in [0, 0.1) is 0 Å². The molecule has 2 aromatic carbocycles. The fourth-order valence-electron chi connectivity index (χ4n) is 2.98. The molecule has 0 aliphatic rings. The first kappa shape index (κ1) is 18.2. The van der Waals surface area contributed by atoms with Crippen LogP contribution < -0.4 is 9.64 Å². The smallest absolute Gasteiger partial charge is 0.296 e. The third-order valence-corrected chi connectivity index (χ3v) is 5.39. The average Bonchev–Trinajstić information content (AvgIpc) is 3.33. The van der Waals surface area contributed by atoms with Crippen LogP contribution in [0.3, 0.4) is 0 Å². The number of aromatic nitrogens is 3. The van der Waals surface area contributed by atoms with Gasteiger partial charge in [0.25, 0.3) is 5.91 Å². The van der Waals surface area contributed by atoms with Gasteiger partial charge < -0.3 is 9.30 Å². The molecule has 142 valence electrons. The van der Waals surface area contributed by atoms with Crippen LogP contribution >= 0.6 is 11.3 Å². The van der Waals surface area contributed by atoms with Gasteiger partial charge in [-0.25, -0.2) is 9.97 Å². The van der Waals surface area contributed by atoms with Crippen LogP contribution in [0.1, 0.15) is 23.1 Å². The quantitative estimate of drug-likeness (QED) is 0.491. The van der Waals surface area contributed by atoms with Crippen LogP contribution in [0.2, 0.25) is 0 Å². The van der Waals surface area contributed by atoms with Crippen molar-refractivity contribution in [1.82, 2.24) is 14.5 Å². The molecule has 0 fully saturated rings. The lowest BCUT2D eigenvalue weighted by Gasteiger charge is -2.19. The molecule has 0 saturated heterocycles. The van der Waals surface area contributed by atoms with E-state index >= 15 is 0 Å². The third kappa shape index (κ3) is 3.48. The first-order valence-electron chi connectivity index (χ1n) is 9.03. The number of hydrogen-bond acceptors (Lipinski definition) is 5. The number of carbonyl (C=O) groups is 1. The van der Waals surface area contributed by atoms with Gasteiger partial charge in [-0.1, -0.05) is 47.7 Å². The Kier molecular flexibility index (Phi) is 5.08. The second-order valence-corrected chi connectivity index (χ2v) is 7.28. The van der Waals surface area contributed by atoms with Crippen molar-refractivity contribution in [3.05, 3.63) is 72.3 Å². The number of thiazole rings is 1. The topological polar surface area (TPSA) is 60.2 Å². The summed E-state index contributed by atoms with van der Waals surface area (Å²) >= 11 is 1.47. The second-order valence-electron chi connectivity index (χ2n) is 6.27.